The van der Waals surface area contributed by atoms with Gasteiger partial charge in [0.1, 0.15) is 5.75 Å². The summed E-state index contributed by atoms with van der Waals surface area (Å²) in [4.78, 5) is 22.8. The molecule has 0 aliphatic carbocycles. The number of primary amides is 1. The number of methoxy groups -OCH3 is 1. The predicted molar refractivity (Wildman–Crippen MR) is 100 cm³/mol. The molecule has 0 unspecified atom stereocenters. The smallest absolute Gasteiger partial charge is 0.264 e. The summed E-state index contributed by atoms with van der Waals surface area (Å²) in [5.74, 6) is -0.975. The standard InChI is InChI=1S/C17H15BrN2O5S/c1-25-15-8-5-13(18)10-12(15)4-9-16(21)20-26(23,24)14-6-2-11(3-7-14)17(19)22/h2-10H,1H3,(H2,19,22)(H,20,21). The summed E-state index contributed by atoms with van der Waals surface area (Å²) >= 11 is 3.31. The maximum absolute atomic E-state index is 12.2. The number of carbonyl (C=O) groups is 2. The van der Waals surface area contributed by atoms with Crippen molar-refractivity contribution in [3.63, 3.8) is 0 Å². The van der Waals surface area contributed by atoms with E-state index in [1.807, 2.05) is 4.72 Å². The van der Waals surface area contributed by atoms with Crippen LogP contribution in [0.25, 0.3) is 6.08 Å². The summed E-state index contributed by atoms with van der Waals surface area (Å²) in [6.07, 6.45) is 2.52. The van der Waals surface area contributed by atoms with E-state index < -0.39 is 21.8 Å². The molecular formula is C17H15BrN2O5S. The van der Waals surface area contributed by atoms with Crippen LogP contribution in [0.3, 0.4) is 0 Å². The Labute approximate surface area is 159 Å². The molecule has 0 spiro atoms. The zero-order valence-corrected chi connectivity index (χ0v) is 16.0. The lowest BCUT2D eigenvalue weighted by Gasteiger charge is -2.06. The summed E-state index contributed by atoms with van der Waals surface area (Å²) in [5, 5.41) is 0. The zero-order valence-electron chi connectivity index (χ0n) is 13.6. The first-order valence-corrected chi connectivity index (χ1v) is 9.49. The number of rotatable bonds is 6. The molecule has 26 heavy (non-hydrogen) atoms. The van der Waals surface area contributed by atoms with Crippen LogP contribution in [-0.2, 0) is 14.8 Å². The molecule has 0 aliphatic heterocycles. The highest BCUT2D eigenvalue weighted by Crippen LogP contribution is 2.24. The Kier molecular flexibility index (Phi) is 6.17. The largest absolute Gasteiger partial charge is 0.496 e. The monoisotopic (exact) mass is 438 g/mol. The first-order chi connectivity index (χ1) is 12.2. The highest BCUT2D eigenvalue weighted by Gasteiger charge is 2.16. The van der Waals surface area contributed by atoms with Gasteiger partial charge in [0.05, 0.1) is 12.0 Å². The van der Waals surface area contributed by atoms with Crippen LogP contribution < -0.4 is 15.2 Å². The van der Waals surface area contributed by atoms with Gasteiger partial charge in [0.15, 0.2) is 0 Å². The molecule has 0 heterocycles. The maximum atomic E-state index is 12.2. The van der Waals surface area contributed by atoms with Crippen LogP contribution in [0.15, 0.2) is 57.9 Å². The van der Waals surface area contributed by atoms with Gasteiger partial charge in [-0.15, -0.1) is 0 Å². The quantitative estimate of drug-likeness (QED) is 0.669. The van der Waals surface area contributed by atoms with E-state index in [2.05, 4.69) is 15.9 Å². The van der Waals surface area contributed by atoms with E-state index in [1.165, 1.54) is 37.5 Å². The van der Waals surface area contributed by atoms with E-state index in [4.69, 9.17) is 10.5 Å². The molecular weight excluding hydrogens is 424 g/mol. The predicted octanol–water partition coefficient (Wildman–Crippen LogP) is 2.07. The van der Waals surface area contributed by atoms with E-state index >= 15 is 0 Å². The third kappa shape index (κ3) is 4.93. The minimum Gasteiger partial charge on any atom is -0.496 e. The molecule has 2 aromatic carbocycles. The number of amides is 2. The van der Waals surface area contributed by atoms with E-state index in [9.17, 15) is 18.0 Å². The molecule has 0 saturated heterocycles. The number of ether oxygens (including phenoxy) is 1. The van der Waals surface area contributed by atoms with Gasteiger partial charge in [-0.05, 0) is 48.5 Å². The minimum absolute atomic E-state index is 0.163. The first kappa shape index (κ1) is 19.7. The molecule has 0 saturated carbocycles. The van der Waals surface area contributed by atoms with Crippen molar-refractivity contribution in [3.05, 3.63) is 64.1 Å². The summed E-state index contributed by atoms with van der Waals surface area (Å²) in [5.41, 5.74) is 5.86. The zero-order chi connectivity index (χ0) is 19.3. The lowest BCUT2D eigenvalue weighted by atomic mass is 10.2. The molecule has 0 atom stereocenters. The summed E-state index contributed by atoms with van der Waals surface area (Å²) in [6.45, 7) is 0. The molecule has 7 nitrogen and oxygen atoms in total. The van der Waals surface area contributed by atoms with Crippen LogP contribution in [0.4, 0.5) is 0 Å². The Morgan fingerprint density at radius 3 is 2.38 bits per heavy atom. The van der Waals surface area contributed by atoms with E-state index in [1.54, 1.807) is 18.2 Å². The number of nitrogens with two attached hydrogens (primary N) is 1. The highest BCUT2D eigenvalue weighted by molar-refractivity contribution is 9.10. The van der Waals surface area contributed by atoms with Gasteiger partial charge in [-0.1, -0.05) is 15.9 Å². The average Bonchev–Trinajstić information content (AvgIpc) is 2.59. The third-order valence-corrected chi connectivity index (χ3v) is 5.15. The maximum Gasteiger partial charge on any atom is 0.264 e. The third-order valence-electron chi connectivity index (χ3n) is 3.29. The van der Waals surface area contributed by atoms with E-state index in [0.29, 0.717) is 11.3 Å². The van der Waals surface area contributed by atoms with Crippen molar-refractivity contribution in [2.24, 2.45) is 5.73 Å². The minimum atomic E-state index is -4.07. The summed E-state index contributed by atoms with van der Waals surface area (Å²) in [6, 6.07) is 10.1. The van der Waals surface area contributed by atoms with Crippen molar-refractivity contribution in [3.8, 4) is 5.75 Å². The SMILES string of the molecule is COc1ccc(Br)cc1C=CC(=O)NS(=O)(=O)c1ccc(C(N)=O)cc1. The molecule has 0 fully saturated rings. The lowest BCUT2D eigenvalue weighted by molar-refractivity contribution is -0.114. The summed E-state index contributed by atoms with van der Waals surface area (Å²) in [7, 11) is -2.59. The normalized spacial score (nSPS) is 11.3. The molecule has 0 bridgehead atoms. The molecule has 3 N–H and O–H groups in total. The van der Waals surface area contributed by atoms with Gasteiger partial charge in [0, 0.05) is 21.7 Å². The fourth-order valence-corrected chi connectivity index (χ4v) is 3.35. The van der Waals surface area contributed by atoms with Crippen LogP contribution in [-0.4, -0.2) is 27.3 Å². The number of hydrogen-bond donors (Lipinski definition) is 2. The van der Waals surface area contributed by atoms with Gasteiger partial charge in [-0.3, -0.25) is 9.59 Å². The van der Waals surface area contributed by atoms with Crippen molar-refractivity contribution >= 4 is 43.8 Å². The number of hydrogen-bond acceptors (Lipinski definition) is 5. The number of halogens is 1. The topological polar surface area (TPSA) is 116 Å². The molecule has 0 radical (unpaired) electrons. The molecule has 9 heteroatoms. The Hall–Kier alpha value is -2.65. The van der Waals surface area contributed by atoms with E-state index in [-0.39, 0.29) is 10.5 Å². The van der Waals surface area contributed by atoms with Crippen molar-refractivity contribution in [2.75, 3.05) is 7.11 Å². The Bertz CT molecular complexity index is 969. The Morgan fingerprint density at radius 1 is 1.15 bits per heavy atom. The fraction of sp³-hybridized carbons (Fsp3) is 0.0588. The molecule has 0 aromatic heterocycles. The van der Waals surface area contributed by atoms with Gasteiger partial charge in [0.25, 0.3) is 15.9 Å². The highest BCUT2D eigenvalue weighted by atomic mass is 79.9. The number of carbonyl (C=O) groups excluding carboxylic acids is 2. The Morgan fingerprint density at radius 2 is 1.81 bits per heavy atom. The van der Waals surface area contributed by atoms with Gasteiger partial charge < -0.3 is 10.5 Å². The van der Waals surface area contributed by atoms with Crippen LogP contribution in [0.1, 0.15) is 15.9 Å². The molecule has 2 amide bonds. The second-order valence-electron chi connectivity index (χ2n) is 5.08. The fourth-order valence-electron chi connectivity index (χ4n) is 2.02. The van der Waals surface area contributed by atoms with Crippen molar-refractivity contribution in [2.45, 2.75) is 4.90 Å². The van der Waals surface area contributed by atoms with E-state index in [0.717, 1.165) is 10.5 Å². The number of sulfonamides is 1. The van der Waals surface area contributed by atoms with Crippen LogP contribution in [0, 0.1) is 0 Å². The molecule has 136 valence electrons. The molecule has 2 aromatic rings. The molecule has 2 rings (SSSR count). The van der Waals surface area contributed by atoms with Crippen molar-refractivity contribution in [1.82, 2.24) is 4.72 Å². The Balaban J connectivity index is 2.16. The van der Waals surface area contributed by atoms with Crippen molar-refractivity contribution < 1.29 is 22.7 Å². The van der Waals surface area contributed by atoms with Gasteiger partial charge in [0.2, 0.25) is 5.91 Å². The van der Waals surface area contributed by atoms with Crippen LogP contribution in [0.2, 0.25) is 0 Å². The van der Waals surface area contributed by atoms with Crippen LogP contribution >= 0.6 is 15.9 Å². The molecule has 0 aliphatic rings. The van der Waals surface area contributed by atoms with Crippen LogP contribution in [0.5, 0.6) is 5.75 Å². The number of nitrogens with one attached hydrogen (secondary N) is 1. The summed E-state index contributed by atoms with van der Waals surface area (Å²) < 4.78 is 32.3. The average molecular weight is 439 g/mol. The van der Waals surface area contributed by atoms with Crippen molar-refractivity contribution in [1.29, 1.82) is 0 Å². The van der Waals surface area contributed by atoms with Gasteiger partial charge in [-0.2, -0.15) is 0 Å². The second kappa shape index (κ2) is 8.15. The van der Waals surface area contributed by atoms with Gasteiger partial charge in [-0.25, -0.2) is 13.1 Å². The first-order valence-electron chi connectivity index (χ1n) is 7.21. The number of benzene rings is 2. The van der Waals surface area contributed by atoms with Gasteiger partial charge >= 0.3 is 0 Å². The lowest BCUT2D eigenvalue weighted by Crippen LogP contribution is -2.29. The second-order valence-corrected chi connectivity index (χ2v) is 7.68.